The lowest BCUT2D eigenvalue weighted by molar-refractivity contribution is 0.395. The highest BCUT2D eigenvalue weighted by Gasteiger charge is 2.30. The van der Waals surface area contributed by atoms with Gasteiger partial charge in [-0.15, -0.1) is 0 Å². The lowest BCUT2D eigenvalue weighted by atomic mass is 10.1. The van der Waals surface area contributed by atoms with Gasteiger partial charge >= 0.3 is 0 Å². The van der Waals surface area contributed by atoms with Crippen LogP contribution in [0.5, 0.6) is 11.5 Å². The zero-order chi connectivity index (χ0) is 19.1. The van der Waals surface area contributed by atoms with Gasteiger partial charge in [-0.3, -0.25) is 4.98 Å². The summed E-state index contributed by atoms with van der Waals surface area (Å²) >= 11 is 14.7. The molecular formula is C19H17Cl2N3O2S. The standard InChI is InChI=1S/C19H17Cl2N3O2S/c1-25-12-7-13(26-2)16(21)14(15(12)20)11-6-10-8-22-19(27-3)24-18(10)17(23-11)9-4-5-9/h6-9H,4-5H2,1-3H3. The molecule has 5 nitrogen and oxygen atoms in total. The summed E-state index contributed by atoms with van der Waals surface area (Å²) in [5, 5.41) is 2.45. The van der Waals surface area contributed by atoms with E-state index >= 15 is 0 Å². The van der Waals surface area contributed by atoms with Crippen LogP contribution in [-0.4, -0.2) is 35.4 Å². The van der Waals surface area contributed by atoms with E-state index in [0.717, 1.165) is 34.6 Å². The van der Waals surface area contributed by atoms with Crippen LogP contribution in [-0.2, 0) is 0 Å². The third-order valence-corrected chi connectivity index (χ3v) is 5.86. The smallest absolute Gasteiger partial charge is 0.187 e. The Balaban J connectivity index is 2.00. The number of ether oxygens (including phenoxy) is 2. The molecule has 1 aliphatic carbocycles. The summed E-state index contributed by atoms with van der Waals surface area (Å²) in [6.45, 7) is 0. The second kappa shape index (κ2) is 7.34. The van der Waals surface area contributed by atoms with E-state index in [2.05, 4.69) is 9.97 Å². The molecule has 0 bridgehead atoms. The Kier molecular flexibility index (Phi) is 5.05. The van der Waals surface area contributed by atoms with E-state index in [1.807, 2.05) is 18.5 Å². The number of nitrogens with zero attached hydrogens (tertiary/aromatic N) is 3. The van der Waals surface area contributed by atoms with Crippen LogP contribution >= 0.6 is 35.0 Å². The van der Waals surface area contributed by atoms with Crippen LogP contribution in [0, 0.1) is 0 Å². The summed E-state index contributed by atoms with van der Waals surface area (Å²) in [5.41, 5.74) is 3.11. The second-order valence-corrected chi connectivity index (χ2v) is 7.77. The number of rotatable bonds is 5. The minimum Gasteiger partial charge on any atom is -0.495 e. The van der Waals surface area contributed by atoms with Gasteiger partial charge in [0.25, 0.3) is 0 Å². The Labute approximate surface area is 171 Å². The van der Waals surface area contributed by atoms with Crippen LogP contribution in [0.25, 0.3) is 22.2 Å². The van der Waals surface area contributed by atoms with E-state index in [1.165, 1.54) is 11.8 Å². The summed E-state index contributed by atoms with van der Waals surface area (Å²) in [5.74, 6) is 1.37. The van der Waals surface area contributed by atoms with Gasteiger partial charge in [-0.2, -0.15) is 0 Å². The van der Waals surface area contributed by atoms with E-state index in [4.69, 9.17) is 37.7 Å². The first-order valence-corrected chi connectivity index (χ1v) is 10.4. The second-order valence-electron chi connectivity index (χ2n) is 6.25. The maximum absolute atomic E-state index is 6.58. The molecule has 3 aromatic rings. The minimum absolute atomic E-state index is 0.401. The normalized spacial score (nSPS) is 13.8. The van der Waals surface area contributed by atoms with E-state index in [0.29, 0.717) is 38.7 Å². The Bertz CT molecular complexity index is 1010. The summed E-state index contributed by atoms with van der Waals surface area (Å²) in [6.07, 6.45) is 5.99. The van der Waals surface area contributed by atoms with Gasteiger partial charge in [-0.1, -0.05) is 35.0 Å². The maximum Gasteiger partial charge on any atom is 0.187 e. The molecule has 8 heteroatoms. The van der Waals surface area contributed by atoms with Crippen molar-refractivity contribution in [1.29, 1.82) is 0 Å². The predicted octanol–water partition coefficient (Wildman–Crippen LogP) is 5.62. The molecular weight excluding hydrogens is 405 g/mol. The molecule has 0 amide bonds. The molecule has 1 saturated carbocycles. The first-order chi connectivity index (χ1) is 13.1. The monoisotopic (exact) mass is 421 g/mol. The first kappa shape index (κ1) is 18.6. The fourth-order valence-electron chi connectivity index (χ4n) is 3.03. The van der Waals surface area contributed by atoms with Crippen molar-refractivity contribution in [1.82, 2.24) is 15.0 Å². The predicted molar refractivity (Wildman–Crippen MR) is 110 cm³/mol. The Morgan fingerprint density at radius 3 is 2.26 bits per heavy atom. The molecule has 140 valence electrons. The molecule has 0 saturated heterocycles. The fraction of sp³-hybridized carbons (Fsp3) is 0.316. The van der Waals surface area contributed by atoms with Gasteiger partial charge in [0.1, 0.15) is 11.5 Å². The third kappa shape index (κ3) is 3.30. The molecule has 0 atom stereocenters. The molecule has 27 heavy (non-hydrogen) atoms. The van der Waals surface area contributed by atoms with Crippen LogP contribution in [0.3, 0.4) is 0 Å². The van der Waals surface area contributed by atoms with E-state index in [1.54, 1.807) is 20.3 Å². The van der Waals surface area contributed by atoms with Crippen LogP contribution in [0.1, 0.15) is 24.5 Å². The number of benzene rings is 1. The van der Waals surface area contributed by atoms with Gasteiger partial charge in [0.15, 0.2) is 5.16 Å². The van der Waals surface area contributed by atoms with E-state index < -0.39 is 0 Å². The molecule has 0 radical (unpaired) electrons. The van der Waals surface area contributed by atoms with Crippen LogP contribution in [0.4, 0.5) is 0 Å². The molecule has 4 rings (SSSR count). The molecule has 1 aliphatic rings. The molecule has 0 aliphatic heterocycles. The number of aromatic nitrogens is 3. The van der Waals surface area contributed by atoms with Crippen molar-refractivity contribution in [3.8, 4) is 22.8 Å². The van der Waals surface area contributed by atoms with Crippen LogP contribution in [0.2, 0.25) is 10.0 Å². The average Bonchev–Trinajstić information content (AvgIpc) is 3.52. The van der Waals surface area contributed by atoms with Gasteiger partial charge in [0, 0.05) is 29.1 Å². The molecule has 0 unspecified atom stereocenters. The van der Waals surface area contributed by atoms with Crippen molar-refractivity contribution < 1.29 is 9.47 Å². The lowest BCUT2D eigenvalue weighted by Gasteiger charge is -2.15. The van der Waals surface area contributed by atoms with Crippen molar-refractivity contribution >= 4 is 45.9 Å². The minimum atomic E-state index is 0.401. The molecule has 0 spiro atoms. The number of hydrogen-bond acceptors (Lipinski definition) is 6. The van der Waals surface area contributed by atoms with Crippen molar-refractivity contribution in [2.45, 2.75) is 23.9 Å². The van der Waals surface area contributed by atoms with Crippen molar-refractivity contribution in [3.63, 3.8) is 0 Å². The number of hydrogen-bond donors (Lipinski definition) is 0. The topological polar surface area (TPSA) is 57.1 Å². The zero-order valence-corrected chi connectivity index (χ0v) is 17.4. The first-order valence-electron chi connectivity index (χ1n) is 8.39. The van der Waals surface area contributed by atoms with Gasteiger partial charge in [-0.05, 0) is 25.2 Å². The van der Waals surface area contributed by atoms with Gasteiger partial charge in [0.2, 0.25) is 0 Å². The number of pyridine rings is 1. The maximum atomic E-state index is 6.58. The molecule has 2 heterocycles. The highest BCUT2D eigenvalue weighted by molar-refractivity contribution is 7.98. The Morgan fingerprint density at radius 1 is 1.04 bits per heavy atom. The molecule has 0 N–H and O–H groups in total. The number of halogens is 2. The highest BCUT2D eigenvalue weighted by Crippen LogP contribution is 2.48. The van der Waals surface area contributed by atoms with Gasteiger partial charge in [0.05, 0.1) is 41.2 Å². The number of methoxy groups -OCH3 is 2. The van der Waals surface area contributed by atoms with Crippen molar-refractivity contribution in [2.75, 3.05) is 20.5 Å². The Morgan fingerprint density at radius 2 is 1.70 bits per heavy atom. The Hall–Kier alpha value is -1.76. The molecule has 2 aromatic heterocycles. The third-order valence-electron chi connectivity index (χ3n) is 4.55. The SMILES string of the molecule is COc1cc(OC)c(Cl)c(-c2cc3cnc(SC)nc3c(C3CC3)n2)c1Cl. The van der Waals surface area contributed by atoms with Crippen LogP contribution in [0.15, 0.2) is 23.5 Å². The average molecular weight is 422 g/mol. The van der Waals surface area contributed by atoms with Crippen LogP contribution < -0.4 is 9.47 Å². The van der Waals surface area contributed by atoms with E-state index in [9.17, 15) is 0 Å². The molecule has 1 aromatic carbocycles. The number of fused-ring (bicyclic) bond motifs is 1. The molecule has 1 fully saturated rings. The summed E-state index contributed by atoms with van der Waals surface area (Å²) in [6, 6.07) is 3.59. The van der Waals surface area contributed by atoms with E-state index in [-0.39, 0.29) is 0 Å². The number of thioether (sulfide) groups is 1. The van der Waals surface area contributed by atoms with Gasteiger partial charge in [-0.25, -0.2) is 9.97 Å². The summed E-state index contributed by atoms with van der Waals surface area (Å²) in [7, 11) is 3.11. The summed E-state index contributed by atoms with van der Waals surface area (Å²) < 4.78 is 10.8. The fourth-order valence-corrected chi connectivity index (χ4v) is 4.06. The van der Waals surface area contributed by atoms with Crippen molar-refractivity contribution in [2.24, 2.45) is 0 Å². The zero-order valence-electron chi connectivity index (χ0n) is 15.0. The quantitative estimate of drug-likeness (QED) is 0.393. The lowest BCUT2D eigenvalue weighted by Crippen LogP contribution is -1.99. The largest absolute Gasteiger partial charge is 0.495 e. The van der Waals surface area contributed by atoms with Gasteiger partial charge < -0.3 is 9.47 Å². The van der Waals surface area contributed by atoms with Crippen molar-refractivity contribution in [3.05, 3.63) is 34.1 Å². The highest BCUT2D eigenvalue weighted by atomic mass is 35.5. The summed E-state index contributed by atoms with van der Waals surface area (Å²) in [4.78, 5) is 14.0.